The van der Waals surface area contributed by atoms with E-state index in [1.165, 1.54) is 0 Å². The van der Waals surface area contributed by atoms with E-state index in [-0.39, 0.29) is 18.0 Å². The highest BCUT2D eigenvalue weighted by atomic mass is 32.1. The summed E-state index contributed by atoms with van der Waals surface area (Å²) in [6.07, 6.45) is 0. The van der Waals surface area contributed by atoms with Gasteiger partial charge in [0.2, 0.25) is 5.91 Å². The van der Waals surface area contributed by atoms with Gasteiger partial charge >= 0.3 is 0 Å². The summed E-state index contributed by atoms with van der Waals surface area (Å²) < 4.78 is 5.07. The van der Waals surface area contributed by atoms with Crippen LogP contribution in [0.3, 0.4) is 0 Å². The first-order chi connectivity index (χ1) is 9.30. The minimum absolute atomic E-state index is 0.101. The van der Waals surface area contributed by atoms with Gasteiger partial charge in [-0.2, -0.15) is 0 Å². The van der Waals surface area contributed by atoms with Gasteiger partial charge in [0.1, 0.15) is 5.75 Å². The number of methoxy groups -OCH3 is 1. The molecule has 6 heteroatoms. The van der Waals surface area contributed by atoms with E-state index in [1.807, 2.05) is 45.0 Å². The minimum Gasteiger partial charge on any atom is -0.497 e. The van der Waals surface area contributed by atoms with Crippen LogP contribution in [0.5, 0.6) is 5.75 Å². The second-order valence-electron chi connectivity index (χ2n) is 5.33. The Morgan fingerprint density at radius 2 is 1.85 bits per heavy atom. The monoisotopic (exact) mass is 295 g/mol. The zero-order chi connectivity index (χ0) is 15.2. The minimum atomic E-state index is -0.246. The van der Waals surface area contributed by atoms with Crippen molar-refractivity contribution in [3.63, 3.8) is 0 Å². The molecule has 5 nitrogen and oxygen atoms in total. The third-order valence-electron chi connectivity index (χ3n) is 2.27. The molecule has 3 N–H and O–H groups in total. The Kier molecular flexibility index (Phi) is 5.76. The van der Waals surface area contributed by atoms with E-state index < -0.39 is 0 Å². The first kappa shape index (κ1) is 16.2. The highest BCUT2D eigenvalue weighted by Crippen LogP contribution is 2.14. The molecule has 1 amide bonds. The molecular weight excluding hydrogens is 274 g/mol. The van der Waals surface area contributed by atoms with Crippen LogP contribution >= 0.6 is 12.2 Å². The summed E-state index contributed by atoms with van der Waals surface area (Å²) in [6.45, 7) is 5.93. The molecule has 110 valence electrons. The maximum Gasteiger partial charge on any atom is 0.239 e. The lowest BCUT2D eigenvalue weighted by molar-refractivity contribution is -0.121. The molecule has 1 aromatic rings. The van der Waals surface area contributed by atoms with Crippen molar-refractivity contribution in [2.45, 2.75) is 26.3 Å². The fourth-order valence-corrected chi connectivity index (χ4v) is 1.66. The lowest BCUT2D eigenvalue weighted by Crippen LogP contribution is -2.46. The van der Waals surface area contributed by atoms with Crippen LogP contribution in [0.2, 0.25) is 0 Å². The molecule has 0 unspecified atom stereocenters. The summed E-state index contributed by atoms with van der Waals surface area (Å²) in [5.74, 6) is 0.676. The van der Waals surface area contributed by atoms with Gasteiger partial charge in [0.25, 0.3) is 0 Å². The molecule has 0 atom stereocenters. The van der Waals surface area contributed by atoms with Gasteiger partial charge in [-0.15, -0.1) is 0 Å². The summed E-state index contributed by atoms with van der Waals surface area (Å²) in [5, 5.41) is 9.11. The van der Waals surface area contributed by atoms with Crippen LogP contribution in [-0.2, 0) is 4.79 Å². The molecule has 0 saturated heterocycles. The second kappa shape index (κ2) is 7.09. The van der Waals surface area contributed by atoms with Crippen molar-refractivity contribution in [2.24, 2.45) is 0 Å². The standard InChI is InChI=1S/C14H21N3O2S/c1-14(2,3)17-12(18)9-15-13(20)16-10-5-7-11(19-4)8-6-10/h5-8H,9H2,1-4H3,(H,17,18)(H2,15,16,20). The van der Waals surface area contributed by atoms with Crippen LogP contribution in [0.4, 0.5) is 5.69 Å². The van der Waals surface area contributed by atoms with Crippen LogP contribution in [0.1, 0.15) is 20.8 Å². The van der Waals surface area contributed by atoms with E-state index in [0.29, 0.717) is 5.11 Å². The summed E-state index contributed by atoms with van der Waals surface area (Å²) in [7, 11) is 1.61. The van der Waals surface area contributed by atoms with E-state index in [4.69, 9.17) is 17.0 Å². The molecule has 0 aliphatic rings. The Bertz CT molecular complexity index is 466. The van der Waals surface area contributed by atoms with E-state index in [0.717, 1.165) is 11.4 Å². The van der Waals surface area contributed by atoms with E-state index in [9.17, 15) is 4.79 Å². The number of ether oxygens (including phenoxy) is 1. The van der Waals surface area contributed by atoms with Crippen molar-refractivity contribution >= 4 is 28.9 Å². The van der Waals surface area contributed by atoms with Gasteiger partial charge in [0.05, 0.1) is 13.7 Å². The van der Waals surface area contributed by atoms with Crippen molar-refractivity contribution in [2.75, 3.05) is 19.0 Å². The molecule has 0 aliphatic carbocycles. The fourth-order valence-electron chi connectivity index (χ4n) is 1.47. The van der Waals surface area contributed by atoms with Crippen molar-refractivity contribution in [1.82, 2.24) is 10.6 Å². The molecule has 0 fully saturated rings. The Morgan fingerprint density at radius 1 is 1.25 bits per heavy atom. The maximum absolute atomic E-state index is 11.6. The number of nitrogens with one attached hydrogen (secondary N) is 3. The summed E-state index contributed by atoms with van der Waals surface area (Å²) >= 11 is 5.12. The van der Waals surface area contributed by atoms with Gasteiger partial charge in [-0.05, 0) is 57.3 Å². The van der Waals surface area contributed by atoms with Crippen LogP contribution in [0.25, 0.3) is 0 Å². The Balaban J connectivity index is 2.38. The van der Waals surface area contributed by atoms with Gasteiger partial charge in [0, 0.05) is 11.2 Å². The zero-order valence-electron chi connectivity index (χ0n) is 12.2. The zero-order valence-corrected chi connectivity index (χ0v) is 13.1. The fraction of sp³-hybridized carbons (Fsp3) is 0.429. The van der Waals surface area contributed by atoms with Crippen LogP contribution in [0, 0.1) is 0 Å². The molecule has 0 heterocycles. The number of carbonyl (C=O) groups excluding carboxylic acids is 1. The normalized spacial score (nSPS) is 10.6. The van der Waals surface area contributed by atoms with Crippen molar-refractivity contribution in [1.29, 1.82) is 0 Å². The highest BCUT2D eigenvalue weighted by Gasteiger charge is 2.13. The third-order valence-corrected chi connectivity index (χ3v) is 2.52. The molecule has 0 aromatic heterocycles. The first-order valence-corrected chi connectivity index (χ1v) is 6.71. The predicted molar refractivity (Wildman–Crippen MR) is 85.1 cm³/mol. The largest absolute Gasteiger partial charge is 0.497 e. The second-order valence-corrected chi connectivity index (χ2v) is 5.74. The quantitative estimate of drug-likeness (QED) is 0.741. The molecule has 0 saturated carbocycles. The SMILES string of the molecule is COc1ccc(NC(=S)NCC(=O)NC(C)(C)C)cc1. The Morgan fingerprint density at radius 3 is 2.35 bits per heavy atom. The third kappa shape index (κ3) is 6.38. The lowest BCUT2D eigenvalue weighted by atomic mass is 10.1. The number of thiocarbonyl (C=S) groups is 1. The average Bonchev–Trinajstić information content (AvgIpc) is 2.35. The van der Waals surface area contributed by atoms with E-state index in [2.05, 4.69) is 16.0 Å². The van der Waals surface area contributed by atoms with Gasteiger partial charge in [-0.1, -0.05) is 0 Å². The van der Waals surface area contributed by atoms with E-state index >= 15 is 0 Å². The topological polar surface area (TPSA) is 62.4 Å². The van der Waals surface area contributed by atoms with Crippen molar-refractivity contribution in [3.05, 3.63) is 24.3 Å². The molecule has 20 heavy (non-hydrogen) atoms. The lowest BCUT2D eigenvalue weighted by Gasteiger charge is -2.21. The number of anilines is 1. The Labute approximate surface area is 125 Å². The van der Waals surface area contributed by atoms with Gasteiger partial charge in [0.15, 0.2) is 5.11 Å². The summed E-state index contributed by atoms with van der Waals surface area (Å²) in [6, 6.07) is 7.36. The van der Waals surface area contributed by atoms with E-state index in [1.54, 1.807) is 7.11 Å². The van der Waals surface area contributed by atoms with Crippen LogP contribution < -0.4 is 20.7 Å². The molecule has 1 aromatic carbocycles. The first-order valence-electron chi connectivity index (χ1n) is 6.30. The number of rotatable bonds is 4. The Hall–Kier alpha value is -1.82. The number of hydrogen-bond acceptors (Lipinski definition) is 3. The summed E-state index contributed by atoms with van der Waals surface area (Å²) in [4.78, 5) is 11.6. The summed E-state index contributed by atoms with van der Waals surface area (Å²) in [5.41, 5.74) is 0.587. The van der Waals surface area contributed by atoms with Crippen LogP contribution in [-0.4, -0.2) is 30.2 Å². The van der Waals surface area contributed by atoms with Gasteiger partial charge in [-0.3, -0.25) is 4.79 Å². The number of benzene rings is 1. The average molecular weight is 295 g/mol. The van der Waals surface area contributed by atoms with Gasteiger partial charge in [-0.25, -0.2) is 0 Å². The molecular formula is C14H21N3O2S. The van der Waals surface area contributed by atoms with Gasteiger partial charge < -0.3 is 20.7 Å². The highest BCUT2D eigenvalue weighted by molar-refractivity contribution is 7.80. The van der Waals surface area contributed by atoms with Crippen LogP contribution in [0.15, 0.2) is 24.3 Å². The molecule has 0 aliphatic heterocycles. The number of amides is 1. The molecule has 0 spiro atoms. The molecule has 0 radical (unpaired) electrons. The number of carbonyl (C=O) groups is 1. The maximum atomic E-state index is 11.6. The van der Waals surface area contributed by atoms with Crippen molar-refractivity contribution < 1.29 is 9.53 Å². The van der Waals surface area contributed by atoms with Crippen molar-refractivity contribution in [3.8, 4) is 5.75 Å². The predicted octanol–water partition coefficient (Wildman–Crippen LogP) is 1.90. The molecule has 0 bridgehead atoms. The number of hydrogen-bond donors (Lipinski definition) is 3. The molecule has 1 rings (SSSR count). The smallest absolute Gasteiger partial charge is 0.239 e.